The highest BCUT2D eigenvalue weighted by Gasteiger charge is 2.13. The van der Waals surface area contributed by atoms with Gasteiger partial charge in [0.1, 0.15) is 0 Å². The van der Waals surface area contributed by atoms with E-state index in [1.807, 2.05) is 24.7 Å². The number of hydrogen-bond donors (Lipinski definition) is 1. The number of nitrogens with zero attached hydrogens (tertiary/aromatic N) is 2. The van der Waals surface area contributed by atoms with Crippen LogP contribution >= 0.6 is 0 Å². The Morgan fingerprint density at radius 3 is 2.95 bits per heavy atom. The highest BCUT2D eigenvalue weighted by atomic mass is 16.7. The van der Waals surface area contributed by atoms with E-state index in [0.717, 1.165) is 24.6 Å². The second-order valence-electron chi connectivity index (χ2n) is 5.18. The van der Waals surface area contributed by atoms with Crippen molar-refractivity contribution in [2.24, 2.45) is 0 Å². The summed E-state index contributed by atoms with van der Waals surface area (Å²) in [5, 5.41) is 3.43. The topological polar surface area (TPSA) is 48.3 Å². The molecule has 0 radical (unpaired) electrons. The smallest absolute Gasteiger partial charge is 0.231 e. The third-order valence-electron chi connectivity index (χ3n) is 3.37. The maximum absolute atomic E-state index is 5.38. The standard InChI is InChI=1S/C15H19N3O2/c1-11(2)18-9-17-8-13(18)7-16-6-12-3-4-14-15(5-12)20-10-19-14/h3-5,8-9,11,16H,6-7,10H2,1-2H3. The molecule has 0 bridgehead atoms. The maximum Gasteiger partial charge on any atom is 0.231 e. The van der Waals surface area contributed by atoms with Crippen molar-refractivity contribution in [2.45, 2.75) is 33.0 Å². The molecule has 0 aliphatic carbocycles. The van der Waals surface area contributed by atoms with E-state index in [1.165, 1.54) is 11.3 Å². The lowest BCUT2D eigenvalue weighted by Gasteiger charge is -2.12. The van der Waals surface area contributed by atoms with Crippen LogP contribution in [0.5, 0.6) is 11.5 Å². The number of benzene rings is 1. The first-order valence-electron chi connectivity index (χ1n) is 6.84. The SMILES string of the molecule is CC(C)n1cncc1CNCc1ccc2c(c1)OCO2. The van der Waals surface area contributed by atoms with Crippen LogP contribution in [0.4, 0.5) is 0 Å². The van der Waals surface area contributed by atoms with Gasteiger partial charge in [-0.25, -0.2) is 4.98 Å². The van der Waals surface area contributed by atoms with Crippen molar-refractivity contribution in [3.05, 3.63) is 42.0 Å². The van der Waals surface area contributed by atoms with Gasteiger partial charge < -0.3 is 19.4 Å². The molecule has 0 unspecified atom stereocenters. The Balaban J connectivity index is 1.59. The Bertz CT molecular complexity index is 593. The molecule has 1 aliphatic rings. The molecular weight excluding hydrogens is 254 g/mol. The largest absolute Gasteiger partial charge is 0.454 e. The second kappa shape index (κ2) is 5.54. The third kappa shape index (κ3) is 2.63. The van der Waals surface area contributed by atoms with Gasteiger partial charge in [-0.1, -0.05) is 6.07 Å². The van der Waals surface area contributed by atoms with Crippen LogP contribution in [0.1, 0.15) is 31.1 Å². The number of imidazole rings is 1. The molecule has 0 saturated carbocycles. The fraction of sp³-hybridized carbons (Fsp3) is 0.400. The number of nitrogens with one attached hydrogen (secondary N) is 1. The summed E-state index contributed by atoms with van der Waals surface area (Å²) in [6, 6.07) is 6.47. The Morgan fingerprint density at radius 1 is 1.25 bits per heavy atom. The molecule has 20 heavy (non-hydrogen) atoms. The van der Waals surface area contributed by atoms with Gasteiger partial charge in [-0.15, -0.1) is 0 Å². The van der Waals surface area contributed by atoms with Crippen LogP contribution in [0.15, 0.2) is 30.7 Å². The number of ether oxygens (including phenoxy) is 2. The van der Waals surface area contributed by atoms with Gasteiger partial charge in [-0.05, 0) is 31.5 Å². The molecular formula is C15H19N3O2. The van der Waals surface area contributed by atoms with Gasteiger partial charge in [0.25, 0.3) is 0 Å². The zero-order valence-electron chi connectivity index (χ0n) is 11.8. The van der Waals surface area contributed by atoms with Crippen molar-refractivity contribution in [3.8, 4) is 11.5 Å². The predicted octanol–water partition coefficient (Wildman–Crippen LogP) is 2.48. The first-order chi connectivity index (χ1) is 9.74. The van der Waals surface area contributed by atoms with E-state index in [0.29, 0.717) is 12.8 Å². The van der Waals surface area contributed by atoms with Crippen molar-refractivity contribution in [3.63, 3.8) is 0 Å². The fourth-order valence-electron chi connectivity index (χ4n) is 2.32. The lowest BCUT2D eigenvalue weighted by molar-refractivity contribution is 0.174. The van der Waals surface area contributed by atoms with Gasteiger partial charge in [-0.3, -0.25) is 0 Å². The summed E-state index contributed by atoms with van der Waals surface area (Å²) in [4.78, 5) is 4.20. The molecule has 2 aromatic rings. The van der Waals surface area contributed by atoms with Gasteiger partial charge in [-0.2, -0.15) is 0 Å². The molecule has 1 aliphatic heterocycles. The van der Waals surface area contributed by atoms with Crippen LogP contribution in [0.2, 0.25) is 0 Å². The normalized spacial score (nSPS) is 13.2. The van der Waals surface area contributed by atoms with Crippen molar-refractivity contribution in [1.29, 1.82) is 0 Å². The predicted molar refractivity (Wildman–Crippen MR) is 75.7 cm³/mol. The van der Waals surface area contributed by atoms with E-state index in [4.69, 9.17) is 9.47 Å². The molecule has 0 spiro atoms. The first kappa shape index (κ1) is 13.0. The molecule has 1 aromatic carbocycles. The zero-order chi connectivity index (χ0) is 13.9. The van der Waals surface area contributed by atoms with E-state index in [2.05, 4.69) is 34.8 Å². The highest BCUT2D eigenvalue weighted by Crippen LogP contribution is 2.32. The number of fused-ring (bicyclic) bond motifs is 1. The quantitative estimate of drug-likeness (QED) is 0.909. The van der Waals surface area contributed by atoms with Crippen molar-refractivity contribution in [2.75, 3.05) is 6.79 Å². The van der Waals surface area contributed by atoms with E-state index in [9.17, 15) is 0 Å². The van der Waals surface area contributed by atoms with Crippen molar-refractivity contribution in [1.82, 2.24) is 14.9 Å². The summed E-state index contributed by atoms with van der Waals surface area (Å²) >= 11 is 0. The van der Waals surface area contributed by atoms with Crippen molar-refractivity contribution < 1.29 is 9.47 Å². The van der Waals surface area contributed by atoms with Crippen LogP contribution < -0.4 is 14.8 Å². The molecule has 0 amide bonds. The summed E-state index contributed by atoms with van der Waals surface area (Å²) in [6.07, 6.45) is 3.79. The van der Waals surface area contributed by atoms with Crippen LogP contribution in [0.3, 0.4) is 0 Å². The van der Waals surface area contributed by atoms with E-state index in [-0.39, 0.29) is 0 Å². The van der Waals surface area contributed by atoms with Crippen LogP contribution in [0, 0.1) is 0 Å². The lowest BCUT2D eigenvalue weighted by atomic mass is 10.2. The average molecular weight is 273 g/mol. The molecule has 1 N–H and O–H groups in total. The Morgan fingerprint density at radius 2 is 2.10 bits per heavy atom. The van der Waals surface area contributed by atoms with E-state index in [1.54, 1.807) is 0 Å². The second-order valence-corrected chi connectivity index (χ2v) is 5.18. The minimum Gasteiger partial charge on any atom is -0.454 e. The van der Waals surface area contributed by atoms with Gasteiger partial charge >= 0.3 is 0 Å². The molecule has 1 aromatic heterocycles. The third-order valence-corrected chi connectivity index (χ3v) is 3.37. The zero-order valence-corrected chi connectivity index (χ0v) is 11.8. The van der Waals surface area contributed by atoms with Crippen LogP contribution in [-0.4, -0.2) is 16.3 Å². The molecule has 0 saturated heterocycles. The minimum absolute atomic E-state index is 0.319. The van der Waals surface area contributed by atoms with Gasteiger partial charge in [0.2, 0.25) is 6.79 Å². The van der Waals surface area contributed by atoms with Crippen LogP contribution in [0.25, 0.3) is 0 Å². The summed E-state index contributed by atoms with van der Waals surface area (Å²) < 4.78 is 12.9. The lowest BCUT2D eigenvalue weighted by Crippen LogP contribution is -2.16. The Kier molecular flexibility index (Phi) is 3.60. The molecule has 5 heteroatoms. The van der Waals surface area contributed by atoms with Gasteiger partial charge in [0.15, 0.2) is 11.5 Å². The summed E-state index contributed by atoms with van der Waals surface area (Å²) in [7, 11) is 0. The highest BCUT2D eigenvalue weighted by molar-refractivity contribution is 5.44. The Hall–Kier alpha value is -2.01. The summed E-state index contributed by atoms with van der Waals surface area (Å²) in [5.74, 6) is 1.66. The minimum atomic E-state index is 0.319. The average Bonchev–Trinajstić information content (AvgIpc) is 3.06. The monoisotopic (exact) mass is 273 g/mol. The number of hydrogen-bond acceptors (Lipinski definition) is 4. The first-order valence-corrected chi connectivity index (χ1v) is 6.84. The molecule has 3 rings (SSSR count). The molecule has 0 fully saturated rings. The van der Waals surface area contributed by atoms with Gasteiger partial charge in [0.05, 0.1) is 12.0 Å². The molecule has 2 heterocycles. The number of rotatable bonds is 5. The number of aromatic nitrogens is 2. The van der Waals surface area contributed by atoms with Gasteiger partial charge in [0, 0.05) is 25.3 Å². The van der Waals surface area contributed by atoms with Crippen LogP contribution in [-0.2, 0) is 13.1 Å². The molecule has 5 nitrogen and oxygen atoms in total. The van der Waals surface area contributed by atoms with Crippen molar-refractivity contribution >= 4 is 0 Å². The fourth-order valence-corrected chi connectivity index (χ4v) is 2.32. The summed E-state index contributed by atoms with van der Waals surface area (Å²) in [6.45, 7) is 6.22. The molecule has 106 valence electrons. The van der Waals surface area contributed by atoms with E-state index < -0.39 is 0 Å². The Labute approximate surface area is 118 Å². The molecule has 0 atom stereocenters. The maximum atomic E-state index is 5.38. The summed E-state index contributed by atoms with van der Waals surface area (Å²) in [5.41, 5.74) is 2.38. The van der Waals surface area contributed by atoms with E-state index >= 15 is 0 Å².